The molecule has 2 unspecified atom stereocenters. The molecule has 0 aliphatic carbocycles. The highest BCUT2D eigenvalue weighted by molar-refractivity contribution is 7.98. The number of methoxy groups -OCH3 is 1. The van der Waals surface area contributed by atoms with Crippen LogP contribution in [0.25, 0.3) is 0 Å². The summed E-state index contributed by atoms with van der Waals surface area (Å²) in [7, 11) is -2.81. The second kappa shape index (κ2) is 13.3. The second-order valence-electron chi connectivity index (χ2n) is 8.44. The Kier molecular flexibility index (Phi) is 10.1. The first-order valence-electron chi connectivity index (χ1n) is 11.5. The third kappa shape index (κ3) is 8.63. The summed E-state index contributed by atoms with van der Waals surface area (Å²) in [5.41, 5.74) is 2.59. The van der Waals surface area contributed by atoms with Gasteiger partial charge in [0.05, 0.1) is 12.0 Å². The molecule has 3 rings (SSSR count). The molecular weight excluding hydrogens is 512 g/mol. The average Bonchev–Trinajstić information content (AvgIpc) is 2.89. The Morgan fingerprint density at radius 1 is 0.919 bits per heavy atom. The Balaban J connectivity index is 1.78. The molecule has 3 aromatic rings. The Morgan fingerprint density at radius 3 is 2.19 bits per heavy atom. The monoisotopic (exact) mass is 542 g/mol. The summed E-state index contributed by atoms with van der Waals surface area (Å²) in [5.74, 6) is -0.380. The minimum Gasteiger partial charge on any atom is -0.508 e. The SMILES string of the molecule is COC(=O)C(CSCc1ccccc1)NC(=O)C(Cc1ccc(O)cc1)NS(=O)(=O)c1ccc(C)cc1. The van der Waals surface area contributed by atoms with Crippen molar-refractivity contribution in [3.63, 3.8) is 0 Å². The van der Waals surface area contributed by atoms with Crippen LogP contribution < -0.4 is 10.0 Å². The minimum absolute atomic E-state index is 0.00224. The van der Waals surface area contributed by atoms with Crippen LogP contribution >= 0.6 is 11.8 Å². The maximum absolute atomic E-state index is 13.3. The number of sulfonamides is 1. The molecule has 37 heavy (non-hydrogen) atoms. The first-order valence-corrected chi connectivity index (χ1v) is 14.2. The van der Waals surface area contributed by atoms with E-state index in [4.69, 9.17) is 4.74 Å². The molecule has 1 amide bonds. The van der Waals surface area contributed by atoms with Crippen molar-refractivity contribution in [3.05, 3.63) is 95.6 Å². The zero-order valence-corrected chi connectivity index (χ0v) is 22.2. The van der Waals surface area contributed by atoms with Gasteiger partial charge in [-0.05, 0) is 48.7 Å². The normalized spacial score (nSPS) is 12.9. The summed E-state index contributed by atoms with van der Waals surface area (Å²) in [4.78, 5) is 25.8. The van der Waals surface area contributed by atoms with Gasteiger partial charge >= 0.3 is 5.97 Å². The highest BCUT2D eigenvalue weighted by Gasteiger charge is 2.30. The number of hydrogen-bond acceptors (Lipinski definition) is 7. The van der Waals surface area contributed by atoms with E-state index in [0.29, 0.717) is 11.3 Å². The summed E-state index contributed by atoms with van der Waals surface area (Å²) >= 11 is 1.45. The molecule has 0 spiro atoms. The number of rotatable bonds is 12. The van der Waals surface area contributed by atoms with Crippen LogP contribution in [0.3, 0.4) is 0 Å². The first-order chi connectivity index (χ1) is 17.7. The molecule has 0 radical (unpaired) electrons. The van der Waals surface area contributed by atoms with Crippen LogP contribution in [0.4, 0.5) is 0 Å². The number of phenolic OH excluding ortho intramolecular Hbond substituents is 1. The number of thioether (sulfide) groups is 1. The number of esters is 1. The van der Waals surface area contributed by atoms with Crippen LogP contribution in [-0.2, 0) is 36.5 Å². The van der Waals surface area contributed by atoms with Crippen molar-refractivity contribution >= 4 is 33.7 Å². The van der Waals surface area contributed by atoms with E-state index in [1.54, 1.807) is 24.3 Å². The number of ether oxygens (including phenoxy) is 1. The van der Waals surface area contributed by atoms with Crippen molar-refractivity contribution in [2.24, 2.45) is 0 Å². The van der Waals surface area contributed by atoms with Gasteiger partial charge in [-0.15, -0.1) is 0 Å². The number of aryl methyl sites for hydroxylation is 1. The first kappa shape index (κ1) is 28.2. The second-order valence-corrected chi connectivity index (χ2v) is 11.2. The van der Waals surface area contributed by atoms with Crippen LogP contribution in [0.15, 0.2) is 83.8 Å². The molecule has 0 aliphatic rings. The highest BCUT2D eigenvalue weighted by atomic mass is 32.2. The van der Waals surface area contributed by atoms with Crippen molar-refractivity contribution in [1.82, 2.24) is 10.0 Å². The van der Waals surface area contributed by atoms with Crippen molar-refractivity contribution < 1.29 is 27.9 Å². The van der Waals surface area contributed by atoms with E-state index in [1.807, 2.05) is 37.3 Å². The van der Waals surface area contributed by atoms with E-state index in [9.17, 15) is 23.1 Å². The van der Waals surface area contributed by atoms with Crippen molar-refractivity contribution in [1.29, 1.82) is 0 Å². The summed E-state index contributed by atoms with van der Waals surface area (Å²) in [6, 6.07) is 19.9. The fourth-order valence-corrected chi connectivity index (χ4v) is 5.68. The standard InChI is InChI=1S/C27H30N2O6S2/c1-19-8-14-23(15-9-19)37(33,34)29-24(16-20-10-12-22(30)13-11-20)26(31)28-25(27(32)35-2)18-36-17-21-6-4-3-5-7-21/h3-15,24-25,29-30H,16-18H2,1-2H3,(H,28,31). The van der Waals surface area contributed by atoms with Crippen molar-refractivity contribution in [2.75, 3.05) is 12.9 Å². The Morgan fingerprint density at radius 2 is 1.57 bits per heavy atom. The van der Waals surface area contributed by atoms with Gasteiger partial charge in [-0.3, -0.25) is 4.79 Å². The van der Waals surface area contributed by atoms with Gasteiger partial charge in [0, 0.05) is 11.5 Å². The fourth-order valence-electron chi connectivity index (χ4n) is 3.48. The van der Waals surface area contributed by atoms with Crippen LogP contribution in [0.2, 0.25) is 0 Å². The largest absolute Gasteiger partial charge is 0.508 e. The third-order valence-electron chi connectivity index (χ3n) is 5.52. The number of phenols is 1. The van der Waals surface area contributed by atoms with E-state index in [-0.39, 0.29) is 22.8 Å². The quantitative estimate of drug-likeness (QED) is 0.301. The lowest BCUT2D eigenvalue weighted by molar-refractivity contribution is -0.144. The Hall–Kier alpha value is -3.34. The predicted molar refractivity (Wildman–Crippen MR) is 144 cm³/mol. The van der Waals surface area contributed by atoms with E-state index >= 15 is 0 Å². The van der Waals surface area contributed by atoms with E-state index in [0.717, 1.165) is 11.1 Å². The number of nitrogens with one attached hydrogen (secondary N) is 2. The maximum atomic E-state index is 13.3. The fraction of sp³-hybridized carbons (Fsp3) is 0.259. The summed E-state index contributed by atoms with van der Waals surface area (Å²) in [5, 5.41) is 12.2. The molecule has 0 bridgehead atoms. The van der Waals surface area contributed by atoms with Gasteiger partial charge in [-0.25, -0.2) is 13.2 Å². The van der Waals surface area contributed by atoms with Crippen LogP contribution in [0.1, 0.15) is 16.7 Å². The van der Waals surface area contributed by atoms with Crippen LogP contribution in [0, 0.1) is 6.92 Å². The third-order valence-corrected chi connectivity index (χ3v) is 8.11. The molecule has 0 heterocycles. The van der Waals surface area contributed by atoms with Gasteiger partial charge in [-0.1, -0.05) is 60.2 Å². The number of aromatic hydroxyl groups is 1. The number of carbonyl (C=O) groups excluding carboxylic acids is 2. The minimum atomic E-state index is -4.05. The van der Waals surface area contributed by atoms with Gasteiger partial charge in [0.1, 0.15) is 17.8 Å². The van der Waals surface area contributed by atoms with Crippen molar-refractivity contribution in [3.8, 4) is 5.75 Å². The summed E-state index contributed by atoms with van der Waals surface area (Å²) < 4.78 is 33.5. The predicted octanol–water partition coefficient (Wildman–Crippen LogP) is 3.18. The molecule has 3 N–H and O–H groups in total. The molecule has 10 heteroatoms. The topological polar surface area (TPSA) is 122 Å². The zero-order chi connectivity index (χ0) is 26.8. The molecule has 2 atom stereocenters. The van der Waals surface area contributed by atoms with E-state index < -0.39 is 34.0 Å². The van der Waals surface area contributed by atoms with Gasteiger partial charge in [0.25, 0.3) is 0 Å². The van der Waals surface area contributed by atoms with Gasteiger partial charge in [-0.2, -0.15) is 16.5 Å². The lowest BCUT2D eigenvalue weighted by atomic mass is 10.1. The molecule has 0 aliphatic heterocycles. The zero-order valence-electron chi connectivity index (χ0n) is 20.6. The lowest BCUT2D eigenvalue weighted by Crippen LogP contribution is -2.53. The number of amides is 1. The Labute approximate surface area is 221 Å². The Bertz CT molecular complexity index is 1280. The summed E-state index contributed by atoms with van der Waals surface area (Å²) in [6.07, 6.45) is 0.00224. The molecule has 0 saturated carbocycles. The molecule has 196 valence electrons. The van der Waals surface area contributed by atoms with Crippen molar-refractivity contribution in [2.45, 2.75) is 36.1 Å². The number of carbonyl (C=O) groups is 2. The van der Waals surface area contributed by atoms with Gasteiger partial charge in [0.2, 0.25) is 15.9 Å². The smallest absolute Gasteiger partial charge is 0.329 e. The van der Waals surface area contributed by atoms with E-state index in [1.165, 1.54) is 43.1 Å². The highest BCUT2D eigenvalue weighted by Crippen LogP contribution is 2.16. The molecule has 3 aromatic carbocycles. The number of benzene rings is 3. The van der Waals surface area contributed by atoms with Gasteiger partial charge in [0.15, 0.2) is 0 Å². The summed E-state index contributed by atoms with van der Waals surface area (Å²) in [6.45, 7) is 1.84. The molecule has 8 nitrogen and oxygen atoms in total. The van der Waals surface area contributed by atoms with Crippen LogP contribution in [-0.4, -0.2) is 50.3 Å². The van der Waals surface area contributed by atoms with Gasteiger partial charge < -0.3 is 15.2 Å². The van der Waals surface area contributed by atoms with Crippen LogP contribution in [0.5, 0.6) is 5.75 Å². The molecule has 0 fully saturated rings. The van der Waals surface area contributed by atoms with E-state index in [2.05, 4.69) is 10.0 Å². The molecular formula is C27H30N2O6S2. The lowest BCUT2D eigenvalue weighted by Gasteiger charge is -2.22. The maximum Gasteiger partial charge on any atom is 0.329 e. The molecule has 0 saturated heterocycles. The number of hydrogen-bond donors (Lipinski definition) is 3. The average molecular weight is 543 g/mol. The molecule has 0 aromatic heterocycles.